The van der Waals surface area contributed by atoms with Crippen molar-refractivity contribution in [2.75, 3.05) is 6.54 Å². The molecule has 0 aliphatic rings. The summed E-state index contributed by atoms with van der Waals surface area (Å²) in [7, 11) is 0. The molecule has 0 aliphatic carbocycles. The van der Waals surface area contributed by atoms with Crippen molar-refractivity contribution >= 4 is 11.6 Å². The molecule has 0 amide bonds. The number of hydrogen-bond donors (Lipinski definition) is 0. The molecule has 0 bridgehead atoms. The van der Waals surface area contributed by atoms with Crippen molar-refractivity contribution in [3.63, 3.8) is 0 Å². The van der Waals surface area contributed by atoms with Crippen molar-refractivity contribution in [2.24, 2.45) is 5.11 Å². The SMILES string of the molecule is Cc1cc(Cl)ncc1C#CCCN=[N+]=[N-]. The van der Waals surface area contributed by atoms with Crippen LogP contribution in [0.3, 0.4) is 0 Å². The van der Waals surface area contributed by atoms with E-state index >= 15 is 0 Å². The van der Waals surface area contributed by atoms with Gasteiger partial charge in [0.05, 0.1) is 0 Å². The molecule has 1 aromatic heterocycles. The van der Waals surface area contributed by atoms with Crippen molar-refractivity contribution in [3.05, 3.63) is 39.0 Å². The maximum Gasteiger partial charge on any atom is 0.129 e. The van der Waals surface area contributed by atoms with Gasteiger partial charge in [-0.25, -0.2) is 4.98 Å². The Morgan fingerprint density at radius 2 is 2.47 bits per heavy atom. The molecule has 0 fully saturated rings. The number of halogens is 1. The maximum atomic E-state index is 8.04. The fraction of sp³-hybridized carbons (Fsp3) is 0.300. The van der Waals surface area contributed by atoms with Gasteiger partial charge in [-0.15, -0.1) is 0 Å². The summed E-state index contributed by atoms with van der Waals surface area (Å²) in [6, 6.07) is 1.76. The first-order chi connectivity index (χ1) is 7.24. The van der Waals surface area contributed by atoms with Crippen LogP contribution in [-0.2, 0) is 0 Å². The predicted molar refractivity (Wildman–Crippen MR) is 59.5 cm³/mol. The molecule has 0 aromatic carbocycles. The smallest absolute Gasteiger partial charge is 0.129 e. The fourth-order valence-electron chi connectivity index (χ4n) is 0.961. The highest BCUT2D eigenvalue weighted by Gasteiger charge is 1.95. The summed E-state index contributed by atoms with van der Waals surface area (Å²) < 4.78 is 0. The third kappa shape index (κ3) is 3.90. The quantitative estimate of drug-likeness (QED) is 0.189. The van der Waals surface area contributed by atoms with Crippen LogP contribution in [0, 0.1) is 18.8 Å². The van der Waals surface area contributed by atoms with Crippen LogP contribution in [0.2, 0.25) is 5.15 Å². The van der Waals surface area contributed by atoms with Gasteiger partial charge >= 0.3 is 0 Å². The Balaban J connectivity index is 2.67. The van der Waals surface area contributed by atoms with Crippen LogP contribution in [0.25, 0.3) is 10.4 Å². The highest BCUT2D eigenvalue weighted by Crippen LogP contribution is 2.10. The van der Waals surface area contributed by atoms with Gasteiger partial charge in [0.1, 0.15) is 5.15 Å². The molecule has 1 aromatic rings. The van der Waals surface area contributed by atoms with E-state index in [1.54, 1.807) is 12.3 Å². The molecular formula is C10H9ClN4. The molecule has 0 N–H and O–H groups in total. The van der Waals surface area contributed by atoms with Crippen LogP contribution in [0.15, 0.2) is 17.4 Å². The molecule has 5 heteroatoms. The van der Waals surface area contributed by atoms with E-state index in [0.717, 1.165) is 11.1 Å². The van der Waals surface area contributed by atoms with Gasteiger partial charge in [0, 0.05) is 29.6 Å². The van der Waals surface area contributed by atoms with Crippen molar-refractivity contribution < 1.29 is 0 Å². The zero-order valence-electron chi connectivity index (χ0n) is 8.24. The zero-order chi connectivity index (χ0) is 11.1. The van der Waals surface area contributed by atoms with Crippen molar-refractivity contribution in [1.82, 2.24) is 4.98 Å². The molecule has 0 atom stereocenters. The third-order valence-corrected chi connectivity index (χ3v) is 1.91. The second-order valence-corrected chi connectivity index (χ2v) is 3.22. The summed E-state index contributed by atoms with van der Waals surface area (Å²) in [5.41, 5.74) is 9.88. The van der Waals surface area contributed by atoms with Crippen LogP contribution in [-0.4, -0.2) is 11.5 Å². The van der Waals surface area contributed by atoms with E-state index in [4.69, 9.17) is 17.1 Å². The largest absolute Gasteiger partial charge is 0.243 e. The lowest BCUT2D eigenvalue weighted by atomic mass is 10.2. The predicted octanol–water partition coefficient (Wildman–Crippen LogP) is 3.10. The molecule has 0 unspecified atom stereocenters. The Bertz CT molecular complexity index is 452. The van der Waals surface area contributed by atoms with E-state index in [1.165, 1.54) is 0 Å². The highest BCUT2D eigenvalue weighted by atomic mass is 35.5. The Morgan fingerprint density at radius 1 is 1.67 bits per heavy atom. The minimum absolute atomic E-state index is 0.392. The van der Waals surface area contributed by atoms with E-state index < -0.39 is 0 Å². The first kappa shape index (κ1) is 11.4. The topological polar surface area (TPSA) is 61.7 Å². The lowest BCUT2D eigenvalue weighted by Gasteiger charge is -1.96. The van der Waals surface area contributed by atoms with Gasteiger partial charge in [0.25, 0.3) is 0 Å². The molecule has 76 valence electrons. The Hall–Kier alpha value is -1.69. The van der Waals surface area contributed by atoms with Gasteiger partial charge in [0.2, 0.25) is 0 Å². The summed E-state index contributed by atoms with van der Waals surface area (Å²) in [4.78, 5) is 6.57. The van der Waals surface area contributed by atoms with Crippen molar-refractivity contribution in [1.29, 1.82) is 0 Å². The summed E-state index contributed by atoms with van der Waals surface area (Å²) in [6.07, 6.45) is 2.18. The Morgan fingerprint density at radius 3 is 3.13 bits per heavy atom. The first-order valence-electron chi connectivity index (χ1n) is 4.36. The van der Waals surface area contributed by atoms with Crippen LogP contribution in [0.1, 0.15) is 17.5 Å². The average Bonchev–Trinajstić information content (AvgIpc) is 2.20. The highest BCUT2D eigenvalue weighted by molar-refractivity contribution is 6.29. The number of aryl methyl sites for hydroxylation is 1. The molecule has 4 nitrogen and oxygen atoms in total. The van der Waals surface area contributed by atoms with Gasteiger partial charge in [-0.05, 0) is 24.1 Å². The summed E-state index contributed by atoms with van der Waals surface area (Å²) in [5, 5.41) is 3.85. The number of rotatable bonds is 2. The molecule has 0 aliphatic heterocycles. The maximum absolute atomic E-state index is 8.04. The number of nitrogens with zero attached hydrogens (tertiary/aromatic N) is 4. The molecule has 0 spiro atoms. The van der Waals surface area contributed by atoms with E-state index in [1.807, 2.05) is 6.92 Å². The zero-order valence-corrected chi connectivity index (χ0v) is 8.99. The Labute approximate surface area is 92.9 Å². The molecule has 0 radical (unpaired) electrons. The fourth-order valence-corrected chi connectivity index (χ4v) is 1.17. The van der Waals surface area contributed by atoms with Crippen LogP contribution < -0.4 is 0 Å². The minimum atomic E-state index is 0.392. The van der Waals surface area contributed by atoms with E-state index in [9.17, 15) is 0 Å². The summed E-state index contributed by atoms with van der Waals surface area (Å²) in [6.45, 7) is 2.31. The lowest BCUT2D eigenvalue weighted by molar-refractivity contribution is 1.01. The van der Waals surface area contributed by atoms with Gasteiger partial charge < -0.3 is 0 Å². The van der Waals surface area contributed by atoms with Crippen molar-refractivity contribution in [3.8, 4) is 11.8 Å². The molecule has 1 rings (SSSR count). The van der Waals surface area contributed by atoms with Gasteiger partial charge in [-0.2, -0.15) is 0 Å². The van der Waals surface area contributed by atoms with Gasteiger partial charge in [-0.3, -0.25) is 0 Å². The first-order valence-corrected chi connectivity index (χ1v) is 4.73. The molecule has 15 heavy (non-hydrogen) atoms. The number of pyridine rings is 1. The van der Waals surface area contributed by atoms with Crippen LogP contribution in [0.4, 0.5) is 0 Å². The minimum Gasteiger partial charge on any atom is -0.243 e. The Kier molecular flexibility index (Phi) is 4.49. The van der Waals surface area contributed by atoms with Crippen LogP contribution >= 0.6 is 11.6 Å². The van der Waals surface area contributed by atoms with E-state index in [0.29, 0.717) is 18.1 Å². The monoisotopic (exact) mass is 220 g/mol. The number of hydrogen-bond acceptors (Lipinski definition) is 2. The lowest BCUT2D eigenvalue weighted by Crippen LogP contribution is -1.85. The molecule has 0 saturated carbocycles. The van der Waals surface area contributed by atoms with E-state index in [2.05, 4.69) is 26.9 Å². The number of aromatic nitrogens is 1. The van der Waals surface area contributed by atoms with Gasteiger partial charge in [0.15, 0.2) is 0 Å². The third-order valence-electron chi connectivity index (χ3n) is 1.70. The molecule has 1 heterocycles. The standard InChI is InChI=1S/C10H9ClN4/c1-8-6-10(11)13-7-9(8)4-2-3-5-14-15-12/h6-7H,3,5H2,1H3. The summed E-state index contributed by atoms with van der Waals surface area (Å²) >= 11 is 5.71. The summed E-state index contributed by atoms with van der Waals surface area (Å²) in [5.74, 6) is 5.84. The van der Waals surface area contributed by atoms with Crippen LogP contribution in [0.5, 0.6) is 0 Å². The average molecular weight is 221 g/mol. The normalized spacial score (nSPS) is 8.67. The molecule has 0 saturated heterocycles. The molecular weight excluding hydrogens is 212 g/mol. The second-order valence-electron chi connectivity index (χ2n) is 2.83. The van der Waals surface area contributed by atoms with E-state index in [-0.39, 0.29) is 0 Å². The van der Waals surface area contributed by atoms with Gasteiger partial charge in [-0.1, -0.05) is 28.6 Å². The number of azide groups is 1. The van der Waals surface area contributed by atoms with Crippen molar-refractivity contribution in [2.45, 2.75) is 13.3 Å². The second kappa shape index (κ2) is 5.92.